The Morgan fingerprint density at radius 1 is 1.16 bits per heavy atom. The molecule has 2 aromatic heterocycles. The first-order valence-corrected chi connectivity index (χ1v) is 14.7. The zero-order valence-electron chi connectivity index (χ0n) is 19.4. The number of nitrogens with zero attached hydrogens (tertiary/aromatic N) is 2. The molecule has 3 aromatic rings. The van der Waals surface area contributed by atoms with E-state index in [1.807, 2.05) is 37.3 Å². The lowest BCUT2D eigenvalue weighted by Crippen LogP contribution is -2.41. The number of fused-ring (bicyclic) bond motifs is 6. The zero-order chi connectivity index (χ0) is 23.1. The van der Waals surface area contributed by atoms with E-state index in [1.165, 1.54) is 15.9 Å². The highest BCUT2D eigenvalue weighted by molar-refractivity contribution is 7.16. The van der Waals surface area contributed by atoms with Gasteiger partial charge in [0, 0.05) is 13.0 Å². The molecule has 0 radical (unpaired) electrons. The summed E-state index contributed by atoms with van der Waals surface area (Å²) in [7, 11) is -1.91. The fraction of sp³-hybridized carbons (Fsp3) is 0.458. The minimum absolute atomic E-state index is 0.0143. The van der Waals surface area contributed by atoms with Gasteiger partial charge < -0.3 is 19.4 Å². The summed E-state index contributed by atoms with van der Waals surface area (Å²) >= 11 is 1.53. The first kappa shape index (κ1) is 21.7. The Kier molecular flexibility index (Phi) is 4.54. The molecule has 32 heavy (non-hydrogen) atoms. The first-order chi connectivity index (χ1) is 14.9. The molecule has 6 nitrogen and oxygen atoms in total. The van der Waals surface area contributed by atoms with Gasteiger partial charge >= 0.3 is 0 Å². The van der Waals surface area contributed by atoms with E-state index in [0.29, 0.717) is 29.8 Å². The van der Waals surface area contributed by atoms with E-state index < -0.39 is 19.5 Å². The molecule has 0 aliphatic carbocycles. The van der Waals surface area contributed by atoms with Crippen LogP contribution in [-0.2, 0) is 20.4 Å². The van der Waals surface area contributed by atoms with Crippen LogP contribution in [0.5, 0.6) is 11.8 Å². The highest BCUT2D eigenvalue weighted by Gasteiger charge is 2.58. The van der Waals surface area contributed by atoms with Gasteiger partial charge in [-0.1, -0.05) is 20.8 Å². The van der Waals surface area contributed by atoms with Crippen molar-refractivity contribution in [2.75, 3.05) is 6.61 Å². The monoisotopic (exact) mass is 470 g/mol. The van der Waals surface area contributed by atoms with Gasteiger partial charge in [-0.05, 0) is 55.4 Å². The standard InChI is InChI=1S/C24H30N2O4SSi/c1-22(2,3)32(5,6)29-12-11-24-10-9-23(4,30-24)18-19(24)21(28)26(20(18)27)15-7-8-16-17(13-15)31-14-25-16/h7-10,13-14,27-28H,11-12H2,1-6H3. The van der Waals surface area contributed by atoms with E-state index >= 15 is 0 Å². The van der Waals surface area contributed by atoms with E-state index in [2.05, 4.69) is 38.8 Å². The predicted molar refractivity (Wildman–Crippen MR) is 129 cm³/mol. The number of ether oxygens (including phenoxy) is 1. The second-order valence-corrected chi connectivity index (χ2v) is 16.2. The average Bonchev–Trinajstić information content (AvgIpc) is 3.41. The Hall–Kier alpha value is -2.13. The van der Waals surface area contributed by atoms with Gasteiger partial charge in [-0.25, -0.2) is 4.98 Å². The molecule has 170 valence electrons. The van der Waals surface area contributed by atoms with Crippen molar-refractivity contribution in [3.8, 4) is 17.4 Å². The van der Waals surface area contributed by atoms with Gasteiger partial charge in [0.25, 0.3) is 0 Å². The van der Waals surface area contributed by atoms with Gasteiger partial charge in [0.15, 0.2) is 8.32 Å². The Bertz CT molecular complexity index is 1250. The molecule has 0 fully saturated rings. The molecule has 0 amide bonds. The molecule has 8 heteroatoms. The lowest BCUT2D eigenvalue weighted by molar-refractivity contribution is -0.0720. The van der Waals surface area contributed by atoms with Crippen molar-refractivity contribution < 1.29 is 19.4 Å². The van der Waals surface area contributed by atoms with Crippen LogP contribution in [0.15, 0.2) is 35.9 Å². The smallest absolute Gasteiger partial charge is 0.205 e. The van der Waals surface area contributed by atoms with Crippen LogP contribution in [0.3, 0.4) is 0 Å². The molecule has 2 N–H and O–H groups in total. The summed E-state index contributed by atoms with van der Waals surface area (Å²) in [6.07, 6.45) is 4.57. The average molecular weight is 471 g/mol. The van der Waals surface area contributed by atoms with Gasteiger partial charge in [-0.3, -0.25) is 4.57 Å². The Morgan fingerprint density at radius 2 is 1.88 bits per heavy atom. The van der Waals surface area contributed by atoms with Crippen molar-refractivity contribution in [3.05, 3.63) is 47.0 Å². The maximum absolute atomic E-state index is 11.3. The molecule has 2 aliphatic heterocycles. The summed E-state index contributed by atoms with van der Waals surface area (Å²) in [5.41, 5.74) is 3.06. The van der Waals surface area contributed by atoms with E-state index in [9.17, 15) is 10.2 Å². The Morgan fingerprint density at radius 3 is 2.59 bits per heavy atom. The number of aromatic nitrogens is 2. The molecular weight excluding hydrogens is 440 g/mol. The minimum Gasteiger partial charge on any atom is -0.494 e. The number of thiazole rings is 1. The van der Waals surface area contributed by atoms with E-state index in [1.54, 1.807) is 5.51 Å². The number of hydrogen-bond donors (Lipinski definition) is 2. The van der Waals surface area contributed by atoms with Gasteiger partial charge in [0.2, 0.25) is 11.8 Å². The lowest BCUT2D eigenvalue weighted by Gasteiger charge is -2.37. The lowest BCUT2D eigenvalue weighted by atomic mass is 9.83. The third kappa shape index (κ3) is 2.93. The van der Waals surface area contributed by atoms with E-state index in [-0.39, 0.29) is 16.8 Å². The van der Waals surface area contributed by atoms with Crippen molar-refractivity contribution in [3.63, 3.8) is 0 Å². The number of hydrogen-bond acceptors (Lipinski definition) is 6. The normalized spacial score (nSPS) is 24.6. The Labute approximate surface area is 193 Å². The summed E-state index contributed by atoms with van der Waals surface area (Å²) in [6, 6.07) is 5.70. The molecule has 0 spiro atoms. The van der Waals surface area contributed by atoms with Crippen LogP contribution in [0.2, 0.25) is 18.1 Å². The Balaban J connectivity index is 1.53. The zero-order valence-corrected chi connectivity index (χ0v) is 21.2. The number of benzene rings is 1. The summed E-state index contributed by atoms with van der Waals surface area (Å²) < 4.78 is 15.4. The maximum Gasteiger partial charge on any atom is 0.205 e. The fourth-order valence-electron chi connectivity index (χ4n) is 4.59. The molecule has 0 saturated heterocycles. The fourth-order valence-corrected chi connectivity index (χ4v) is 6.34. The topological polar surface area (TPSA) is 76.7 Å². The molecule has 1 aromatic carbocycles. The van der Waals surface area contributed by atoms with Gasteiger partial charge in [-0.2, -0.15) is 0 Å². The first-order valence-electron chi connectivity index (χ1n) is 10.9. The predicted octanol–water partition coefficient (Wildman–Crippen LogP) is 5.92. The molecule has 2 unspecified atom stereocenters. The highest BCUT2D eigenvalue weighted by Crippen LogP contribution is 2.62. The van der Waals surface area contributed by atoms with Crippen LogP contribution >= 0.6 is 11.3 Å². The molecule has 2 atom stereocenters. The van der Waals surface area contributed by atoms with Crippen LogP contribution in [0, 0.1) is 0 Å². The van der Waals surface area contributed by atoms with Crippen molar-refractivity contribution in [1.82, 2.24) is 9.55 Å². The highest BCUT2D eigenvalue weighted by atomic mass is 32.1. The third-order valence-electron chi connectivity index (χ3n) is 7.42. The van der Waals surface area contributed by atoms with Crippen LogP contribution in [0.25, 0.3) is 15.9 Å². The maximum atomic E-state index is 11.3. The summed E-state index contributed by atoms with van der Waals surface area (Å²) in [5, 5.41) is 22.7. The summed E-state index contributed by atoms with van der Waals surface area (Å²) in [4.78, 5) is 4.32. The minimum atomic E-state index is -1.91. The van der Waals surface area contributed by atoms with Crippen molar-refractivity contribution in [1.29, 1.82) is 0 Å². The summed E-state index contributed by atoms with van der Waals surface area (Å²) in [5.74, 6) is 0.0298. The second-order valence-electron chi connectivity index (χ2n) is 10.5. The van der Waals surface area contributed by atoms with Crippen molar-refractivity contribution >= 4 is 29.9 Å². The molecule has 2 bridgehead atoms. The molecule has 2 aliphatic rings. The van der Waals surface area contributed by atoms with Gasteiger partial charge in [-0.15, -0.1) is 11.3 Å². The largest absolute Gasteiger partial charge is 0.494 e. The third-order valence-corrected chi connectivity index (χ3v) is 12.8. The molecular formula is C24H30N2O4SSi. The van der Waals surface area contributed by atoms with Crippen LogP contribution in [0.1, 0.15) is 45.2 Å². The quantitative estimate of drug-likeness (QED) is 0.357. The van der Waals surface area contributed by atoms with Crippen LogP contribution < -0.4 is 0 Å². The summed E-state index contributed by atoms with van der Waals surface area (Å²) in [6.45, 7) is 13.6. The SMILES string of the molecule is CC12C=CC(CCO[Si](C)(C)C(C)(C)C)(O1)c1c2c(O)n(-c2ccc3ncsc3c2)c1O. The van der Waals surface area contributed by atoms with Crippen LogP contribution in [-0.4, -0.2) is 34.7 Å². The number of rotatable bonds is 5. The van der Waals surface area contributed by atoms with Gasteiger partial charge in [0.05, 0.1) is 32.5 Å². The van der Waals surface area contributed by atoms with Crippen molar-refractivity contribution in [2.45, 2.75) is 63.5 Å². The molecule has 5 rings (SSSR count). The van der Waals surface area contributed by atoms with Crippen LogP contribution in [0.4, 0.5) is 0 Å². The van der Waals surface area contributed by atoms with E-state index in [0.717, 1.165) is 10.2 Å². The van der Waals surface area contributed by atoms with Gasteiger partial charge in [0.1, 0.15) is 11.2 Å². The van der Waals surface area contributed by atoms with Crippen molar-refractivity contribution in [2.24, 2.45) is 0 Å². The number of aromatic hydroxyl groups is 2. The molecule has 0 saturated carbocycles. The second kappa shape index (κ2) is 6.69. The molecule has 4 heterocycles. The van der Waals surface area contributed by atoms with E-state index in [4.69, 9.17) is 9.16 Å².